The van der Waals surface area contributed by atoms with Crippen molar-refractivity contribution in [2.75, 3.05) is 0 Å². The maximum absolute atomic E-state index is 5.56. The maximum Gasteiger partial charge on any atom is 0.157 e. The van der Waals surface area contributed by atoms with Crippen molar-refractivity contribution < 1.29 is 9.15 Å². The molecular weight excluding hydrogens is 204 g/mol. The monoisotopic (exact) mass is 220 g/mol. The standard InChI is InChI=1S/C12H16N2O2/c1-3-6-14-8-12(7-13-14)15-9-11-5-4-10(2)16-11/h4-5,7-8H,3,6,9H2,1-2H3. The van der Waals surface area contributed by atoms with Crippen LogP contribution in [0.15, 0.2) is 28.9 Å². The van der Waals surface area contributed by atoms with Crippen molar-refractivity contribution in [3.63, 3.8) is 0 Å². The van der Waals surface area contributed by atoms with Crippen LogP contribution in [-0.2, 0) is 13.2 Å². The van der Waals surface area contributed by atoms with E-state index in [4.69, 9.17) is 9.15 Å². The van der Waals surface area contributed by atoms with Gasteiger partial charge in [-0.25, -0.2) is 0 Å². The Bertz CT molecular complexity index is 445. The topological polar surface area (TPSA) is 40.2 Å². The molecule has 0 N–H and O–H groups in total. The molecule has 0 unspecified atom stereocenters. The maximum atomic E-state index is 5.56. The Labute approximate surface area is 94.8 Å². The lowest BCUT2D eigenvalue weighted by atomic mass is 10.4. The molecule has 4 nitrogen and oxygen atoms in total. The number of hydrogen-bond acceptors (Lipinski definition) is 3. The molecule has 0 aliphatic rings. The smallest absolute Gasteiger partial charge is 0.157 e. The molecule has 16 heavy (non-hydrogen) atoms. The molecule has 0 aromatic carbocycles. The van der Waals surface area contributed by atoms with Crippen LogP contribution in [0.1, 0.15) is 24.9 Å². The summed E-state index contributed by atoms with van der Waals surface area (Å²) in [4.78, 5) is 0. The molecule has 0 aliphatic heterocycles. The van der Waals surface area contributed by atoms with Crippen LogP contribution in [0.4, 0.5) is 0 Å². The van der Waals surface area contributed by atoms with Crippen molar-refractivity contribution in [3.8, 4) is 5.75 Å². The van der Waals surface area contributed by atoms with Gasteiger partial charge in [0.15, 0.2) is 5.75 Å². The summed E-state index contributed by atoms with van der Waals surface area (Å²) < 4.78 is 12.8. The molecule has 4 heteroatoms. The van der Waals surface area contributed by atoms with Gasteiger partial charge in [-0.3, -0.25) is 4.68 Å². The molecule has 0 radical (unpaired) electrons. The first kappa shape index (κ1) is 10.8. The summed E-state index contributed by atoms with van der Waals surface area (Å²) in [6.45, 7) is 5.41. The number of aromatic nitrogens is 2. The number of rotatable bonds is 5. The van der Waals surface area contributed by atoms with Crippen molar-refractivity contribution in [3.05, 3.63) is 36.0 Å². The van der Waals surface area contributed by atoms with E-state index in [1.807, 2.05) is 29.9 Å². The third kappa shape index (κ3) is 2.66. The van der Waals surface area contributed by atoms with E-state index in [1.165, 1.54) is 0 Å². The summed E-state index contributed by atoms with van der Waals surface area (Å²) >= 11 is 0. The second-order valence-electron chi connectivity index (χ2n) is 3.74. The first-order chi connectivity index (χ1) is 7.78. The van der Waals surface area contributed by atoms with Crippen LogP contribution in [0.3, 0.4) is 0 Å². The molecule has 0 saturated carbocycles. The van der Waals surface area contributed by atoms with Crippen molar-refractivity contribution in [1.29, 1.82) is 0 Å². The highest BCUT2D eigenvalue weighted by Crippen LogP contribution is 2.13. The number of aryl methyl sites for hydroxylation is 2. The molecule has 0 atom stereocenters. The average molecular weight is 220 g/mol. The lowest BCUT2D eigenvalue weighted by Crippen LogP contribution is -1.96. The highest BCUT2D eigenvalue weighted by atomic mass is 16.5. The fourth-order valence-corrected chi connectivity index (χ4v) is 1.49. The number of furan rings is 1. The number of nitrogens with zero attached hydrogens (tertiary/aromatic N) is 2. The van der Waals surface area contributed by atoms with Gasteiger partial charge in [-0.1, -0.05) is 6.92 Å². The second-order valence-corrected chi connectivity index (χ2v) is 3.74. The third-order valence-corrected chi connectivity index (χ3v) is 2.24. The largest absolute Gasteiger partial charge is 0.482 e. The predicted octanol–water partition coefficient (Wildman–Crippen LogP) is 2.77. The summed E-state index contributed by atoms with van der Waals surface area (Å²) in [5.74, 6) is 2.52. The second kappa shape index (κ2) is 4.88. The van der Waals surface area contributed by atoms with E-state index in [9.17, 15) is 0 Å². The van der Waals surface area contributed by atoms with Crippen LogP contribution < -0.4 is 4.74 Å². The first-order valence-electron chi connectivity index (χ1n) is 5.48. The molecular formula is C12H16N2O2. The average Bonchev–Trinajstić information content (AvgIpc) is 2.85. The van der Waals surface area contributed by atoms with E-state index >= 15 is 0 Å². The Kier molecular flexibility index (Phi) is 3.29. The highest BCUT2D eigenvalue weighted by molar-refractivity contribution is 5.13. The van der Waals surface area contributed by atoms with Gasteiger partial charge in [0, 0.05) is 6.54 Å². The van der Waals surface area contributed by atoms with Gasteiger partial charge in [-0.2, -0.15) is 5.10 Å². The van der Waals surface area contributed by atoms with Crippen molar-refractivity contribution in [1.82, 2.24) is 9.78 Å². The number of ether oxygens (including phenoxy) is 1. The zero-order chi connectivity index (χ0) is 11.4. The van der Waals surface area contributed by atoms with E-state index in [0.29, 0.717) is 6.61 Å². The third-order valence-electron chi connectivity index (χ3n) is 2.24. The van der Waals surface area contributed by atoms with Crippen molar-refractivity contribution >= 4 is 0 Å². The first-order valence-corrected chi connectivity index (χ1v) is 5.48. The van der Waals surface area contributed by atoms with Gasteiger partial charge >= 0.3 is 0 Å². The van der Waals surface area contributed by atoms with E-state index < -0.39 is 0 Å². The van der Waals surface area contributed by atoms with Gasteiger partial charge in [0.2, 0.25) is 0 Å². The summed E-state index contributed by atoms with van der Waals surface area (Å²) in [5, 5.41) is 4.18. The highest BCUT2D eigenvalue weighted by Gasteiger charge is 2.02. The Morgan fingerprint density at radius 1 is 1.44 bits per heavy atom. The molecule has 86 valence electrons. The molecule has 0 aliphatic carbocycles. The molecule has 0 bridgehead atoms. The fraction of sp³-hybridized carbons (Fsp3) is 0.417. The lowest BCUT2D eigenvalue weighted by molar-refractivity contribution is 0.267. The molecule has 2 aromatic rings. The minimum atomic E-state index is 0.450. The van der Waals surface area contributed by atoms with E-state index in [0.717, 1.165) is 30.2 Å². The Hall–Kier alpha value is -1.71. The molecule has 2 rings (SSSR count). The Morgan fingerprint density at radius 3 is 3.00 bits per heavy atom. The van der Waals surface area contributed by atoms with Crippen LogP contribution in [0.2, 0.25) is 0 Å². The Balaban J connectivity index is 1.89. The van der Waals surface area contributed by atoms with Crippen LogP contribution >= 0.6 is 0 Å². The van der Waals surface area contributed by atoms with Crippen LogP contribution in [-0.4, -0.2) is 9.78 Å². The number of hydrogen-bond donors (Lipinski definition) is 0. The van der Waals surface area contributed by atoms with Gasteiger partial charge < -0.3 is 9.15 Å². The fourth-order valence-electron chi connectivity index (χ4n) is 1.49. The lowest BCUT2D eigenvalue weighted by Gasteiger charge is -1.99. The summed E-state index contributed by atoms with van der Waals surface area (Å²) in [5.41, 5.74) is 0. The van der Waals surface area contributed by atoms with Gasteiger partial charge in [0.1, 0.15) is 18.1 Å². The quantitative estimate of drug-likeness (QED) is 0.777. The van der Waals surface area contributed by atoms with E-state index in [2.05, 4.69) is 12.0 Å². The zero-order valence-electron chi connectivity index (χ0n) is 9.64. The van der Waals surface area contributed by atoms with Gasteiger partial charge in [-0.15, -0.1) is 0 Å². The van der Waals surface area contributed by atoms with Gasteiger partial charge in [0.05, 0.1) is 12.4 Å². The molecule has 0 fully saturated rings. The molecule has 0 spiro atoms. The molecule has 2 heterocycles. The van der Waals surface area contributed by atoms with Crippen molar-refractivity contribution in [2.45, 2.75) is 33.4 Å². The van der Waals surface area contributed by atoms with Crippen LogP contribution in [0, 0.1) is 6.92 Å². The Morgan fingerprint density at radius 2 is 2.31 bits per heavy atom. The van der Waals surface area contributed by atoms with Crippen molar-refractivity contribution in [2.24, 2.45) is 0 Å². The van der Waals surface area contributed by atoms with Gasteiger partial charge in [-0.05, 0) is 25.5 Å². The minimum absolute atomic E-state index is 0.450. The molecule has 0 saturated heterocycles. The molecule has 0 amide bonds. The van der Waals surface area contributed by atoms with E-state index in [-0.39, 0.29) is 0 Å². The predicted molar refractivity (Wildman–Crippen MR) is 60.3 cm³/mol. The summed E-state index contributed by atoms with van der Waals surface area (Å²) in [7, 11) is 0. The van der Waals surface area contributed by atoms with Gasteiger partial charge in [0.25, 0.3) is 0 Å². The van der Waals surface area contributed by atoms with E-state index in [1.54, 1.807) is 6.20 Å². The normalized spacial score (nSPS) is 10.6. The summed E-state index contributed by atoms with van der Waals surface area (Å²) in [6, 6.07) is 3.85. The zero-order valence-corrected chi connectivity index (χ0v) is 9.64. The SMILES string of the molecule is CCCn1cc(OCc2ccc(C)o2)cn1. The summed E-state index contributed by atoms with van der Waals surface area (Å²) in [6.07, 6.45) is 4.70. The molecule has 2 aromatic heterocycles. The van der Waals surface area contributed by atoms with Crippen LogP contribution in [0.5, 0.6) is 5.75 Å². The minimum Gasteiger partial charge on any atom is -0.482 e. The van der Waals surface area contributed by atoms with Crippen LogP contribution in [0.25, 0.3) is 0 Å².